The molecular weight excluding hydrogens is 166 g/mol. The molecule has 2 atom stereocenters. The van der Waals surface area contributed by atoms with Crippen LogP contribution in [-0.4, -0.2) is 17.3 Å². The number of benzene rings is 1. The predicted octanol–water partition coefficient (Wildman–Crippen LogP) is 1.04. The van der Waals surface area contributed by atoms with Gasteiger partial charge in [-0.1, -0.05) is 0 Å². The third kappa shape index (κ3) is 1.47. The highest BCUT2D eigenvalue weighted by atomic mass is 16.5. The van der Waals surface area contributed by atoms with Crippen molar-refractivity contribution in [2.45, 2.75) is 25.5 Å². The average molecular weight is 179 g/mol. The van der Waals surface area contributed by atoms with E-state index in [0.29, 0.717) is 0 Å². The molecule has 3 nitrogen and oxygen atoms in total. The van der Waals surface area contributed by atoms with E-state index in [4.69, 9.17) is 10.5 Å². The highest BCUT2D eigenvalue weighted by Crippen LogP contribution is 2.29. The molecule has 0 saturated carbocycles. The zero-order valence-electron chi connectivity index (χ0n) is 7.53. The Morgan fingerprint density at radius 1 is 1.54 bits per heavy atom. The molecule has 1 aromatic rings. The van der Waals surface area contributed by atoms with Gasteiger partial charge in [0, 0.05) is 6.04 Å². The second-order valence-corrected chi connectivity index (χ2v) is 3.48. The fourth-order valence-corrected chi connectivity index (χ4v) is 1.55. The second kappa shape index (κ2) is 2.92. The molecule has 0 spiro atoms. The minimum absolute atomic E-state index is 0.0225. The van der Waals surface area contributed by atoms with Gasteiger partial charge < -0.3 is 15.6 Å². The smallest absolute Gasteiger partial charge is 0.123 e. The van der Waals surface area contributed by atoms with Crippen molar-refractivity contribution >= 4 is 0 Å². The molecular formula is C10H13NO2. The van der Waals surface area contributed by atoms with Gasteiger partial charge in [-0.3, -0.25) is 0 Å². The van der Waals surface area contributed by atoms with Crippen molar-refractivity contribution in [2.75, 3.05) is 0 Å². The number of nitrogens with two attached hydrogens (primary N) is 1. The molecule has 1 aliphatic rings. The zero-order valence-corrected chi connectivity index (χ0v) is 7.53. The Bertz CT molecular complexity index is 325. The van der Waals surface area contributed by atoms with Crippen LogP contribution in [0.25, 0.3) is 0 Å². The van der Waals surface area contributed by atoms with Crippen LogP contribution in [0.3, 0.4) is 0 Å². The van der Waals surface area contributed by atoms with Gasteiger partial charge in [0.05, 0.1) is 0 Å². The third-order valence-electron chi connectivity index (χ3n) is 2.42. The van der Waals surface area contributed by atoms with Crippen LogP contribution in [0.2, 0.25) is 0 Å². The molecule has 0 aliphatic carbocycles. The van der Waals surface area contributed by atoms with E-state index in [9.17, 15) is 5.11 Å². The highest BCUT2D eigenvalue weighted by molar-refractivity contribution is 5.41. The van der Waals surface area contributed by atoms with Gasteiger partial charge >= 0.3 is 0 Å². The third-order valence-corrected chi connectivity index (χ3v) is 2.42. The van der Waals surface area contributed by atoms with Crippen LogP contribution in [0.15, 0.2) is 18.2 Å². The van der Waals surface area contributed by atoms with Gasteiger partial charge in [-0.2, -0.15) is 0 Å². The molecule has 2 rings (SSSR count). The van der Waals surface area contributed by atoms with Gasteiger partial charge in [0.1, 0.15) is 17.6 Å². The fraction of sp³-hybridized carbons (Fsp3) is 0.400. The summed E-state index contributed by atoms with van der Waals surface area (Å²) < 4.78 is 5.56. The molecule has 3 heteroatoms. The summed E-state index contributed by atoms with van der Waals surface area (Å²) in [6.07, 6.45) is 0.822. The maximum atomic E-state index is 9.24. The number of phenolic OH excluding ortho intramolecular Hbond substituents is 1. The Morgan fingerprint density at radius 2 is 2.31 bits per heavy atom. The molecule has 0 bridgehead atoms. The summed E-state index contributed by atoms with van der Waals surface area (Å²) in [4.78, 5) is 0. The van der Waals surface area contributed by atoms with Gasteiger partial charge in [0.2, 0.25) is 0 Å². The molecule has 0 fully saturated rings. The summed E-state index contributed by atoms with van der Waals surface area (Å²) >= 11 is 0. The van der Waals surface area contributed by atoms with Gasteiger partial charge in [-0.05, 0) is 37.1 Å². The number of hydrogen-bond donors (Lipinski definition) is 2. The van der Waals surface area contributed by atoms with Gasteiger partial charge in [-0.25, -0.2) is 0 Å². The summed E-state index contributed by atoms with van der Waals surface area (Å²) in [5.41, 5.74) is 6.83. The minimum Gasteiger partial charge on any atom is -0.508 e. The van der Waals surface area contributed by atoms with Crippen LogP contribution < -0.4 is 10.5 Å². The van der Waals surface area contributed by atoms with Gasteiger partial charge in [0.15, 0.2) is 0 Å². The second-order valence-electron chi connectivity index (χ2n) is 3.48. The standard InChI is InChI=1S/C10H13NO2/c1-6-9(11)5-7-4-8(12)2-3-10(7)13-6/h2-4,6,9,12H,5,11H2,1H3. The summed E-state index contributed by atoms with van der Waals surface area (Å²) in [7, 11) is 0. The maximum absolute atomic E-state index is 9.24. The van der Waals surface area contributed by atoms with Gasteiger partial charge in [-0.15, -0.1) is 0 Å². The monoisotopic (exact) mass is 179 g/mol. The van der Waals surface area contributed by atoms with Crippen molar-refractivity contribution in [3.8, 4) is 11.5 Å². The molecule has 1 heterocycles. The Morgan fingerprint density at radius 3 is 3.08 bits per heavy atom. The Kier molecular flexibility index (Phi) is 1.88. The van der Waals surface area contributed by atoms with E-state index in [-0.39, 0.29) is 17.9 Å². The SMILES string of the molecule is CC1Oc2ccc(O)cc2CC1N. The molecule has 0 radical (unpaired) electrons. The number of fused-ring (bicyclic) bond motifs is 1. The van der Waals surface area contributed by atoms with E-state index in [2.05, 4.69) is 0 Å². The summed E-state index contributed by atoms with van der Waals surface area (Å²) in [6.45, 7) is 1.96. The number of phenols is 1. The quantitative estimate of drug-likeness (QED) is 0.625. The van der Waals surface area contributed by atoms with Crippen molar-refractivity contribution in [1.29, 1.82) is 0 Å². The normalized spacial score (nSPS) is 26.3. The first-order chi connectivity index (χ1) is 6.16. The number of ether oxygens (including phenoxy) is 1. The lowest BCUT2D eigenvalue weighted by Gasteiger charge is -2.28. The van der Waals surface area contributed by atoms with E-state index in [1.165, 1.54) is 0 Å². The molecule has 1 aromatic carbocycles. The molecule has 0 saturated heterocycles. The number of hydrogen-bond acceptors (Lipinski definition) is 3. The van der Waals surface area contributed by atoms with Crippen molar-refractivity contribution < 1.29 is 9.84 Å². The average Bonchev–Trinajstić information content (AvgIpc) is 2.08. The first-order valence-corrected chi connectivity index (χ1v) is 4.41. The van der Waals surface area contributed by atoms with E-state index >= 15 is 0 Å². The lowest BCUT2D eigenvalue weighted by molar-refractivity contribution is 0.169. The van der Waals surface area contributed by atoms with Crippen LogP contribution in [0.4, 0.5) is 0 Å². The van der Waals surface area contributed by atoms with Crippen LogP contribution in [0.5, 0.6) is 11.5 Å². The van der Waals surface area contributed by atoms with Crippen molar-refractivity contribution in [1.82, 2.24) is 0 Å². The Balaban J connectivity index is 2.37. The molecule has 1 aliphatic heterocycles. The summed E-state index contributed by atoms with van der Waals surface area (Å²) in [6, 6.07) is 5.14. The minimum atomic E-state index is 0.0225. The Labute approximate surface area is 77.1 Å². The van der Waals surface area contributed by atoms with Crippen LogP contribution in [0.1, 0.15) is 12.5 Å². The molecule has 0 amide bonds. The summed E-state index contributed by atoms with van der Waals surface area (Å²) in [5.74, 6) is 1.11. The molecule has 0 aromatic heterocycles. The van der Waals surface area contributed by atoms with E-state index in [0.717, 1.165) is 17.7 Å². The van der Waals surface area contributed by atoms with Crippen molar-refractivity contribution in [3.05, 3.63) is 23.8 Å². The first-order valence-electron chi connectivity index (χ1n) is 4.41. The van der Waals surface area contributed by atoms with Crippen LogP contribution in [-0.2, 0) is 6.42 Å². The van der Waals surface area contributed by atoms with E-state index in [1.807, 2.05) is 6.92 Å². The van der Waals surface area contributed by atoms with Crippen LogP contribution >= 0.6 is 0 Å². The largest absolute Gasteiger partial charge is 0.508 e. The highest BCUT2D eigenvalue weighted by Gasteiger charge is 2.23. The van der Waals surface area contributed by atoms with E-state index < -0.39 is 0 Å². The number of aromatic hydroxyl groups is 1. The maximum Gasteiger partial charge on any atom is 0.123 e. The molecule has 3 N–H and O–H groups in total. The lowest BCUT2D eigenvalue weighted by Crippen LogP contribution is -2.41. The van der Waals surface area contributed by atoms with Gasteiger partial charge in [0.25, 0.3) is 0 Å². The van der Waals surface area contributed by atoms with Crippen LogP contribution in [0, 0.1) is 0 Å². The van der Waals surface area contributed by atoms with Crippen molar-refractivity contribution in [3.63, 3.8) is 0 Å². The lowest BCUT2D eigenvalue weighted by atomic mass is 9.98. The summed E-state index contributed by atoms with van der Waals surface area (Å²) in [5, 5.41) is 9.24. The first kappa shape index (κ1) is 8.38. The molecule has 13 heavy (non-hydrogen) atoms. The van der Waals surface area contributed by atoms with Crippen molar-refractivity contribution in [2.24, 2.45) is 5.73 Å². The predicted molar refractivity (Wildman–Crippen MR) is 49.9 cm³/mol. The fourth-order valence-electron chi connectivity index (χ4n) is 1.55. The zero-order chi connectivity index (χ0) is 9.42. The van der Waals surface area contributed by atoms with E-state index in [1.54, 1.807) is 18.2 Å². The Hall–Kier alpha value is -1.22. The number of rotatable bonds is 0. The molecule has 70 valence electrons. The molecule has 2 unspecified atom stereocenters. The topological polar surface area (TPSA) is 55.5 Å².